The van der Waals surface area contributed by atoms with Gasteiger partial charge in [-0.25, -0.2) is 0 Å². The van der Waals surface area contributed by atoms with E-state index in [2.05, 4.69) is 47.3 Å². The molecule has 2 nitrogen and oxygen atoms in total. The van der Waals surface area contributed by atoms with Crippen LogP contribution in [0.1, 0.15) is 131 Å². The summed E-state index contributed by atoms with van der Waals surface area (Å²) in [4.78, 5) is 0. The average molecular weight is 529 g/mol. The van der Waals surface area contributed by atoms with Crippen LogP contribution in [0, 0.1) is 59.2 Å². The molecule has 220 valence electrons. The van der Waals surface area contributed by atoms with Crippen LogP contribution in [-0.2, 0) is 0 Å². The Labute approximate surface area is 237 Å². The lowest BCUT2D eigenvalue weighted by Crippen LogP contribution is -2.39. The van der Waals surface area contributed by atoms with Gasteiger partial charge in [-0.2, -0.15) is 0 Å². The maximum Gasteiger partial charge on any atom is 0.0721 e. The lowest BCUT2D eigenvalue weighted by atomic mass is 9.58. The largest absolute Gasteiger partial charge is 0.393 e. The van der Waals surface area contributed by atoms with Gasteiger partial charge in [-0.05, 0) is 124 Å². The summed E-state index contributed by atoms with van der Waals surface area (Å²) in [6, 6.07) is 0. The Hall–Kier alpha value is -0.600. The summed E-state index contributed by atoms with van der Waals surface area (Å²) in [5, 5.41) is 21.1. The van der Waals surface area contributed by atoms with E-state index in [1.165, 1.54) is 76.2 Å². The Morgan fingerprint density at radius 2 is 1.42 bits per heavy atom. The molecular weight excluding hydrogens is 464 g/mol. The highest BCUT2D eigenvalue weighted by Gasteiger charge is 2.42. The second-order valence-corrected chi connectivity index (χ2v) is 14.5. The van der Waals surface area contributed by atoms with Crippen LogP contribution in [-0.4, -0.2) is 22.4 Å². The standard InChI is InChI=1S/C36H64O2/c1-8-29(23-34(24(3)4)35(27(7)37)22-28-14-20-32(38)21-15-28)36(31-18-12-26(6)13-19-31)33(9-2)30-16-10-25(5)11-17-30/h14,20,25-38H,3,8-13,15-19,21-23H2,1-2,4-7H3/t25?,26?,27-,28?,29?,30?,31?,32?,33?,34-,35?,36-/m1/s1. The van der Waals surface area contributed by atoms with Crippen molar-refractivity contribution in [2.75, 3.05) is 0 Å². The first-order valence-electron chi connectivity index (χ1n) is 16.8. The molecular formula is C36H64O2. The molecule has 0 aromatic rings. The fraction of sp³-hybridized carbons (Fsp3) is 0.889. The number of aliphatic hydroxyl groups is 2. The van der Waals surface area contributed by atoms with E-state index in [4.69, 9.17) is 0 Å². The van der Waals surface area contributed by atoms with Crippen molar-refractivity contribution in [3.63, 3.8) is 0 Å². The fourth-order valence-corrected chi connectivity index (χ4v) is 9.16. The van der Waals surface area contributed by atoms with Crippen molar-refractivity contribution in [2.45, 2.75) is 144 Å². The van der Waals surface area contributed by atoms with E-state index in [1.807, 2.05) is 13.0 Å². The molecule has 0 aromatic heterocycles. The van der Waals surface area contributed by atoms with Crippen LogP contribution in [0.3, 0.4) is 0 Å². The van der Waals surface area contributed by atoms with Crippen LogP contribution in [0.4, 0.5) is 0 Å². The molecule has 2 saturated carbocycles. The lowest BCUT2D eigenvalue weighted by Gasteiger charge is -2.47. The van der Waals surface area contributed by atoms with Gasteiger partial charge in [0.05, 0.1) is 12.2 Å². The van der Waals surface area contributed by atoms with E-state index in [-0.39, 0.29) is 18.1 Å². The maximum absolute atomic E-state index is 11.1. The molecule has 2 N–H and O–H groups in total. The summed E-state index contributed by atoms with van der Waals surface area (Å²) in [7, 11) is 0. The summed E-state index contributed by atoms with van der Waals surface area (Å²) >= 11 is 0. The molecule has 0 bridgehead atoms. The van der Waals surface area contributed by atoms with Crippen LogP contribution in [0.25, 0.3) is 0 Å². The van der Waals surface area contributed by atoms with E-state index in [9.17, 15) is 10.2 Å². The molecule has 3 aliphatic rings. The van der Waals surface area contributed by atoms with Crippen molar-refractivity contribution in [1.29, 1.82) is 0 Å². The van der Waals surface area contributed by atoms with Gasteiger partial charge in [0.1, 0.15) is 0 Å². The van der Waals surface area contributed by atoms with Gasteiger partial charge in [0, 0.05) is 0 Å². The van der Waals surface area contributed by atoms with Gasteiger partial charge in [0.15, 0.2) is 0 Å². The molecule has 0 aromatic carbocycles. The first-order chi connectivity index (χ1) is 18.1. The highest BCUT2D eigenvalue weighted by Crippen LogP contribution is 2.50. The second kappa shape index (κ2) is 15.4. The monoisotopic (exact) mass is 528 g/mol. The lowest BCUT2D eigenvalue weighted by molar-refractivity contribution is 0.0209. The first kappa shape index (κ1) is 31.9. The van der Waals surface area contributed by atoms with Gasteiger partial charge in [0.25, 0.3) is 0 Å². The molecule has 0 amide bonds. The Balaban J connectivity index is 1.86. The van der Waals surface area contributed by atoms with Gasteiger partial charge < -0.3 is 10.2 Å². The third-order valence-electron chi connectivity index (χ3n) is 11.6. The molecule has 3 aliphatic carbocycles. The minimum atomic E-state index is -0.328. The normalized spacial score (nSPS) is 35.2. The minimum Gasteiger partial charge on any atom is -0.393 e. The van der Waals surface area contributed by atoms with E-state index < -0.39 is 0 Å². The minimum absolute atomic E-state index is 0.245. The van der Waals surface area contributed by atoms with Gasteiger partial charge in [-0.1, -0.05) is 90.5 Å². The molecule has 0 heterocycles. The zero-order valence-corrected chi connectivity index (χ0v) is 26.1. The Morgan fingerprint density at radius 3 is 1.87 bits per heavy atom. The van der Waals surface area contributed by atoms with E-state index >= 15 is 0 Å². The summed E-state index contributed by atoms with van der Waals surface area (Å²) in [6.45, 7) is 18.6. The molecule has 38 heavy (non-hydrogen) atoms. The third kappa shape index (κ3) is 8.70. The number of hydrogen-bond donors (Lipinski definition) is 2. The van der Waals surface area contributed by atoms with Crippen LogP contribution in [0.5, 0.6) is 0 Å². The summed E-state index contributed by atoms with van der Waals surface area (Å²) in [5.74, 6) is 7.04. The van der Waals surface area contributed by atoms with Crippen LogP contribution >= 0.6 is 0 Å². The van der Waals surface area contributed by atoms with E-state index in [0.29, 0.717) is 17.8 Å². The number of rotatable bonds is 13. The SMILES string of the molecule is C=C(C)[C@@H](CC(CC)[C@H](C1CCC(C)CC1)C(CC)C1CCC(C)CC1)C(CC1C=CC(O)CC1)[C@@H](C)O. The predicted molar refractivity (Wildman–Crippen MR) is 164 cm³/mol. The van der Waals surface area contributed by atoms with E-state index in [1.54, 1.807) is 0 Å². The molecule has 0 radical (unpaired) electrons. The zero-order valence-electron chi connectivity index (χ0n) is 26.1. The first-order valence-corrected chi connectivity index (χ1v) is 16.8. The maximum atomic E-state index is 11.1. The molecule has 8 atom stereocenters. The molecule has 0 aliphatic heterocycles. The average Bonchev–Trinajstić information content (AvgIpc) is 2.89. The predicted octanol–water partition coefficient (Wildman–Crippen LogP) is 9.60. The molecule has 0 spiro atoms. The zero-order chi connectivity index (χ0) is 27.8. The van der Waals surface area contributed by atoms with Gasteiger partial charge in [-0.3, -0.25) is 0 Å². The van der Waals surface area contributed by atoms with Crippen molar-refractivity contribution in [2.24, 2.45) is 59.2 Å². The Bertz CT molecular complexity index is 709. The van der Waals surface area contributed by atoms with E-state index in [0.717, 1.165) is 54.8 Å². The highest BCUT2D eigenvalue weighted by atomic mass is 16.3. The van der Waals surface area contributed by atoms with Crippen molar-refractivity contribution in [3.8, 4) is 0 Å². The molecule has 2 fully saturated rings. The highest BCUT2D eigenvalue weighted by molar-refractivity contribution is 5.05. The molecule has 3 rings (SSSR count). The molecule has 0 saturated heterocycles. The number of allylic oxidation sites excluding steroid dienone is 2. The van der Waals surface area contributed by atoms with Crippen molar-refractivity contribution in [1.82, 2.24) is 0 Å². The molecule has 2 heteroatoms. The van der Waals surface area contributed by atoms with Gasteiger partial charge in [0.2, 0.25) is 0 Å². The second-order valence-electron chi connectivity index (χ2n) is 14.5. The van der Waals surface area contributed by atoms with Crippen molar-refractivity contribution < 1.29 is 10.2 Å². The topological polar surface area (TPSA) is 40.5 Å². The van der Waals surface area contributed by atoms with Crippen molar-refractivity contribution in [3.05, 3.63) is 24.3 Å². The summed E-state index contributed by atoms with van der Waals surface area (Å²) in [5.41, 5.74) is 1.27. The summed E-state index contributed by atoms with van der Waals surface area (Å²) in [6.07, 6.45) is 21.7. The van der Waals surface area contributed by atoms with Crippen LogP contribution < -0.4 is 0 Å². The molecule has 5 unspecified atom stereocenters. The quantitative estimate of drug-likeness (QED) is 0.234. The van der Waals surface area contributed by atoms with Crippen LogP contribution in [0.2, 0.25) is 0 Å². The third-order valence-corrected chi connectivity index (χ3v) is 11.6. The number of aliphatic hydroxyl groups excluding tert-OH is 2. The van der Waals surface area contributed by atoms with Gasteiger partial charge in [-0.15, -0.1) is 0 Å². The fourth-order valence-electron chi connectivity index (χ4n) is 9.16. The smallest absolute Gasteiger partial charge is 0.0721 e. The Morgan fingerprint density at radius 1 is 0.842 bits per heavy atom. The summed E-state index contributed by atoms with van der Waals surface area (Å²) < 4.78 is 0. The Kier molecular flexibility index (Phi) is 12.9. The van der Waals surface area contributed by atoms with Crippen molar-refractivity contribution >= 4 is 0 Å². The number of hydrogen-bond acceptors (Lipinski definition) is 2. The van der Waals surface area contributed by atoms with Gasteiger partial charge >= 0.3 is 0 Å². The van der Waals surface area contributed by atoms with Crippen LogP contribution in [0.15, 0.2) is 24.3 Å².